The largest absolute Gasteiger partial charge is 0.477 e. The molecule has 80 valence electrons. The second kappa shape index (κ2) is 3.31. The van der Waals surface area contributed by atoms with E-state index in [9.17, 15) is 9.59 Å². The highest BCUT2D eigenvalue weighted by atomic mass is 32.1. The number of nitrogens with one attached hydrogen (secondary N) is 1. The zero-order chi connectivity index (χ0) is 11.1. The standard InChI is InChI=1S/C11H7NO3S/c13-8-5-15-10-9(14)6-3-1-2-4-7(6)16-11(10)12-8/h1-4H,5H2,(H,12,13). The number of benzene rings is 1. The van der Waals surface area contributed by atoms with Gasteiger partial charge in [-0.05, 0) is 12.1 Å². The summed E-state index contributed by atoms with van der Waals surface area (Å²) in [6, 6.07) is 7.27. The molecule has 0 saturated carbocycles. The Morgan fingerprint density at radius 1 is 1.25 bits per heavy atom. The van der Waals surface area contributed by atoms with Crippen molar-refractivity contribution >= 4 is 32.3 Å². The minimum absolute atomic E-state index is 0.0900. The van der Waals surface area contributed by atoms with Crippen LogP contribution in [0.5, 0.6) is 5.75 Å². The fourth-order valence-corrected chi connectivity index (χ4v) is 2.69. The van der Waals surface area contributed by atoms with Gasteiger partial charge in [0.1, 0.15) is 5.00 Å². The normalized spacial score (nSPS) is 14.1. The summed E-state index contributed by atoms with van der Waals surface area (Å²) in [6.07, 6.45) is 0. The molecule has 0 spiro atoms. The van der Waals surface area contributed by atoms with Gasteiger partial charge in [0, 0.05) is 10.1 Å². The van der Waals surface area contributed by atoms with Crippen LogP contribution in [0, 0.1) is 0 Å². The van der Waals surface area contributed by atoms with Gasteiger partial charge in [0.2, 0.25) is 11.2 Å². The summed E-state index contributed by atoms with van der Waals surface area (Å²) in [4.78, 5) is 23.2. The molecule has 16 heavy (non-hydrogen) atoms. The first-order chi connectivity index (χ1) is 7.75. The Morgan fingerprint density at radius 2 is 2.06 bits per heavy atom. The van der Waals surface area contributed by atoms with E-state index in [0.717, 1.165) is 4.70 Å². The van der Waals surface area contributed by atoms with Gasteiger partial charge in [-0.1, -0.05) is 12.1 Å². The van der Waals surface area contributed by atoms with Gasteiger partial charge in [-0.3, -0.25) is 9.59 Å². The number of ether oxygens (including phenoxy) is 1. The van der Waals surface area contributed by atoms with Crippen LogP contribution < -0.4 is 15.5 Å². The zero-order valence-electron chi connectivity index (χ0n) is 8.15. The Bertz CT molecular complexity index is 647. The summed E-state index contributed by atoms with van der Waals surface area (Å²) in [5.41, 5.74) is -0.163. The molecular formula is C11H7NO3S. The first kappa shape index (κ1) is 9.35. The zero-order valence-corrected chi connectivity index (χ0v) is 8.97. The van der Waals surface area contributed by atoms with Crippen molar-refractivity contribution in [2.24, 2.45) is 0 Å². The van der Waals surface area contributed by atoms with Gasteiger partial charge in [-0.25, -0.2) is 0 Å². The van der Waals surface area contributed by atoms with Crippen LogP contribution in [0.15, 0.2) is 29.1 Å². The topological polar surface area (TPSA) is 55.4 Å². The lowest BCUT2D eigenvalue weighted by Crippen LogP contribution is -2.28. The predicted molar refractivity (Wildman–Crippen MR) is 62.2 cm³/mol. The van der Waals surface area contributed by atoms with Gasteiger partial charge in [0.25, 0.3) is 5.91 Å². The van der Waals surface area contributed by atoms with E-state index < -0.39 is 0 Å². The lowest BCUT2D eigenvalue weighted by atomic mass is 10.2. The first-order valence-electron chi connectivity index (χ1n) is 4.74. The summed E-state index contributed by atoms with van der Waals surface area (Å²) >= 11 is 1.35. The third-order valence-corrected chi connectivity index (χ3v) is 3.42. The molecule has 5 heteroatoms. The van der Waals surface area contributed by atoms with Gasteiger partial charge < -0.3 is 10.1 Å². The number of hydrogen-bond donors (Lipinski definition) is 1. The van der Waals surface area contributed by atoms with E-state index in [1.165, 1.54) is 11.3 Å². The summed E-state index contributed by atoms with van der Waals surface area (Å²) in [5, 5.41) is 3.77. The number of anilines is 1. The molecule has 1 aliphatic rings. The van der Waals surface area contributed by atoms with E-state index in [0.29, 0.717) is 10.4 Å². The van der Waals surface area contributed by atoms with Crippen LogP contribution in [0.3, 0.4) is 0 Å². The molecule has 2 aromatic rings. The molecule has 1 aromatic carbocycles. The average Bonchev–Trinajstić information content (AvgIpc) is 2.29. The van der Waals surface area contributed by atoms with Crippen molar-refractivity contribution < 1.29 is 9.53 Å². The number of rotatable bonds is 0. The molecule has 4 nitrogen and oxygen atoms in total. The van der Waals surface area contributed by atoms with Crippen molar-refractivity contribution in [3.8, 4) is 5.75 Å². The molecule has 0 unspecified atom stereocenters. The number of hydrogen-bond acceptors (Lipinski definition) is 4. The minimum atomic E-state index is -0.224. The molecule has 3 rings (SSSR count). The number of amides is 1. The molecule has 2 heterocycles. The Kier molecular flexibility index (Phi) is 1.94. The molecule has 0 saturated heterocycles. The van der Waals surface area contributed by atoms with Crippen LogP contribution >= 0.6 is 11.3 Å². The van der Waals surface area contributed by atoms with Crippen molar-refractivity contribution in [2.75, 3.05) is 11.9 Å². The van der Waals surface area contributed by atoms with E-state index in [-0.39, 0.29) is 23.7 Å². The summed E-state index contributed by atoms with van der Waals surface area (Å²) in [5.74, 6) is 0.0294. The van der Waals surface area contributed by atoms with E-state index >= 15 is 0 Å². The quantitative estimate of drug-likeness (QED) is 0.751. The van der Waals surface area contributed by atoms with E-state index in [4.69, 9.17) is 4.74 Å². The molecule has 1 amide bonds. The second-order valence-corrected chi connectivity index (χ2v) is 4.47. The van der Waals surface area contributed by atoms with Crippen LogP contribution in [0.1, 0.15) is 0 Å². The minimum Gasteiger partial charge on any atom is -0.477 e. The second-order valence-electron chi connectivity index (χ2n) is 3.42. The van der Waals surface area contributed by atoms with Crippen LogP contribution in [0.25, 0.3) is 10.1 Å². The molecule has 0 radical (unpaired) electrons. The first-order valence-corrected chi connectivity index (χ1v) is 5.56. The third-order valence-electron chi connectivity index (χ3n) is 2.36. The Balaban J connectivity index is 2.37. The van der Waals surface area contributed by atoms with Gasteiger partial charge in [-0.15, -0.1) is 11.3 Å². The highest BCUT2D eigenvalue weighted by Crippen LogP contribution is 2.33. The molecule has 0 atom stereocenters. The van der Waals surface area contributed by atoms with Crippen LogP contribution in [-0.2, 0) is 4.79 Å². The van der Waals surface area contributed by atoms with Crippen LogP contribution in [0.2, 0.25) is 0 Å². The van der Waals surface area contributed by atoms with Gasteiger partial charge in [0.05, 0.1) is 0 Å². The maximum Gasteiger partial charge on any atom is 0.263 e. The van der Waals surface area contributed by atoms with Gasteiger partial charge in [-0.2, -0.15) is 0 Å². The summed E-state index contributed by atoms with van der Waals surface area (Å²) in [6.45, 7) is -0.0900. The van der Waals surface area contributed by atoms with Crippen molar-refractivity contribution in [3.05, 3.63) is 34.5 Å². The van der Waals surface area contributed by atoms with Crippen molar-refractivity contribution in [1.29, 1.82) is 0 Å². The van der Waals surface area contributed by atoms with Crippen molar-refractivity contribution in [3.63, 3.8) is 0 Å². The smallest absolute Gasteiger partial charge is 0.263 e. The van der Waals surface area contributed by atoms with Gasteiger partial charge in [0.15, 0.2) is 6.61 Å². The number of fused-ring (bicyclic) bond motifs is 2. The summed E-state index contributed by atoms with van der Waals surface area (Å²) in [7, 11) is 0. The Morgan fingerprint density at radius 3 is 2.94 bits per heavy atom. The van der Waals surface area contributed by atoms with Crippen molar-refractivity contribution in [2.45, 2.75) is 0 Å². The predicted octanol–water partition coefficient (Wildman–Crippen LogP) is 1.59. The fraction of sp³-hybridized carbons (Fsp3) is 0.0909. The maximum absolute atomic E-state index is 12.0. The van der Waals surface area contributed by atoms with Crippen LogP contribution in [-0.4, -0.2) is 12.5 Å². The Labute approximate surface area is 94.5 Å². The molecule has 1 aromatic heterocycles. The lowest BCUT2D eigenvalue weighted by Gasteiger charge is -2.16. The monoisotopic (exact) mass is 233 g/mol. The highest BCUT2D eigenvalue weighted by molar-refractivity contribution is 7.22. The molecule has 0 fully saturated rings. The Hall–Kier alpha value is -1.88. The molecule has 0 bridgehead atoms. The number of carbonyl (C=O) groups excluding carboxylic acids is 1. The molecular weight excluding hydrogens is 226 g/mol. The van der Waals surface area contributed by atoms with E-state index in [2.05, 4.69) is 5.32 Å². The lowest BCUT2D eigenvalue weighted by molar-refractivity contribution is -0.118. The number of carbonyl (C=O) groups is 1. The van der Waals surface area contributed by atoms with E-state index in [1.54, 1.807) is 6.07 Å². The summed E-state index contributed by atoms with van der Waals surface area (Å²) < 4.78 is 6.00. The van der Waals surface area contributed by atoms with E-state index in [1.807, 2.05) is 18.2 Å². The highest BCUT2D eigenvalue weighted by Gasteiger charge is 2.21. The average molecular weight is 233 g/mol. The van der Waals surface area contributed by atoms with Crippen LogP contribution in [0.4, 0.5) is 5.00 Å². The third kappa shape index (κ3) is 1.29. The fourth-order valence-electron chi connectivity index (χ4n) is 1.64. The van der Waals surface area contributed by atoms with Crippen molar-refractivity contribution in [1.82, 2.24) is 0 Å². The molecule has 1 N–H and O–H groups in total. The van der Waals surface area contributed by atoms with Gasteiger partial charge >= 0.3 is 0 Å². The molecule has 1 aliphatic heterocycles. The SMILES string of the molecule is O=C1COc2c(sc3ccccc3c2=O)N1. The maximum atomic E-state index is 12.0. The molecule has 0 aliphatic carbocycles.